The first kappa shape index (κ1) is 10.9. The molecule has 1 aromatic heterocycles. The highest BCUT2D eigenvalue weighted by Gasteiger charge is 2.34. The second-order valence-corrected chi connectivity index (χ2v) is 5.21. The normalized spacial score (nSPS) is 18.3. The van der Waals surface area contributed by atoms with E-state index in [9.17, 15) is 14.7 Å². The Labute approximate surface area is 93.7 Å². The summed E-state index contributed by atoms with van der Waals surface area (Å²) in [5.41, 5.74) is 1.73. The van der Waals surface area contributed by atoms with Crippen LogP contribution in [-0.2, 0) is 6.42 Å². The molecule has 0 saturated heterocycles. The molecule has 2 rings (SSSR count). The lowest BCUT2D eigenvalue weighted by atomic mass is 9.75. The predicted molar refractivity (Wildman–Crippen MR) is 56.3 cm³/mol. The monoisotopic (exact) mass is 220 g/mol. The fraction of sp³-hybridized carbons (Fsp3) is 0.500. The van der Waals surface area contributed by atoms with Gasteiger partial charge in [-0.05, 0) is 24.3 Å². The average molecular weight is 220 g/mol. The zero-order valence-electron chi connectivity index (χ0n) is 9.64. The lowest BCUT2D eigenvalue weighted by Gasteiger charge is -2.28. The van der Waals surface area contributed by atoms with Crippen molar-refractivity contribution in [3.63, 3.8) is 0 Å². The Bertz CT molecular complexity index is 483. The standard InChI is InChI=1S/C12H15NO3/c1-6-9-7(13-10(6)11(15)16)4-12(2,3)5-8(9)14/h13H,4-5H2,1-3H3,(H,15,16)/p-1. The van der Waals surface area contributed by atoms with Gasteiger partial charge in [-0.25, -0.2) is 0 Å². The van der Waals surface area contributed by atoms with Crippen molar-refractivity contribution in [1.82, 2.24) is 4.98 Å². The van der Waals surface area contributed by atoms with Gasteiger partial charge in [0.15, 0.2) is 5.78 Å². The van der Waals surface area contributed by atoms with Gasteiger partial charge in [0.1, 0.15) is 0 Å². The number of carbonyl (C=O) groups excluding carboxylic acids is 2. The molecule has 1 heterocycles. The molecular weight excluding hydrogens is 206 g/mol. The molecule has 0 aromatic carbocycles. The summed E-state index contributed by atoms with van der Waals surface area (Å²) < 4.78 is 0. The van der Waals surface area contributed by atoms with Gasteiger partial charge in [0.25, 0.3) is 0 Å². The number of fused-ring (bicyclic) bond motifs is 1. The van der Waals surface area contributed by atoms with Crippen molar-refractivity contribution in [2.45, 2.75) is 33.6 Å². The molecule has 1 aliphatic carbocycles. The molecule has 0 saturated carbocycles. The molecule has 16 heavy (non-hydrogen) atoms. The second-order valence-electron chi connectivity index (χ2n) is 5.21. The molecule has 86 valence electrons. The zero-order valence-corrected chi connectivity index (χ0v) is 9.64. The maximum atomic E-state index is 11.9. The molecule has 0 radical (unpaired) electrons. The van der Waals surface area contributed by atoms with Crippen LogP contribution in [0.3, 0.4) is 0 Å². The van der Waals surface area contributed by atoms with Crippen LogP contribution in [0, 0.1) is 12.3 Å². The van der Waals surface area contributed by atoms with E-state index < -0.39 is 5.97 Å². The number of aromatic carboxylic acids is 1. The summed E-state index contributed by atoms with van der Waals surface area (Å²) in [6.07, 6.45) is 1.16. The van der Waals surface area contributed by atoms with E-state index in [1.165, 1.54) is 0 Å². The fourth-order valence-corrected chi connectivity index (χ4v) is 2.44. The summed E-state index contributed by atoms with van der Waals surface area (Å²) in [5.74, 6) is -1.23. The van der Waals surface area contributed by atoms with E-state index in [0.717, 1.165) is 5.69 Å². The molecule has 0 fully saturated rings. The van der Waals surface area contributed by atoms with Crippen molar-refractivity contribution in [2.75, 3.05) is 0 Å². The Balaban J connectivity index is 2.58. The van der Waals surface area contributed by atoms with E-state index in [4.69, 9.17) is 0 Å². The number of nitrogens with one attached hydrogen (secondary N) is 1. The number of aromatic nitrogens is 1. The summed E-state index contributed by atoms with van der Waals surface area (Å²) in [6, 6.07) is 0. The van der Waals surface area contributed by atoms with Crippen LogP contribution in [0.2, 0.25) is 0 Å². The summed E-state index contributed by atoms with van der Waals surface area (Å²) >= 11 is 0. The van der Waals surface area contributed by atoms with Gasteiger partial charge in [-0.3, -0.25) is 4.79 Å². The first-order chi connectivity index (χ1) is 7.32. The molecule has 1 aromatic rings. The van der Waals surface area contributed by atoms with Crippen LogP contribution < -0.4 is 5.11 Å². The number of H-pyrrole nitrogens is 1. The van der Waals surface area contributed by atoms with Crippen LogP contribution in [0.4, 0.5) is 0 Å². The van der Waals surface area contributed by atoms with Crippen LogP contribution in [-0.4, -0.2) is 16.7 Å². The van der Waals surface area contributed by atoms with Crippen LogP contribution in [0.15, 0.2) is 0 Å². The SMILES string of the molecule is Cc1c(C(=O)[O-])[nH]c2c1C(=O)CC(C)(C)C2. The number of aromatic amines is 1. The number of rotatable bonds is 1. The molecule has 4 nitrogen and oxygen atoms in total. The summed E-state index contributed by atoms with van der Waals surface area (Å²) in [6.45, 7) is 5.65. The lowest BCUT2D eigenvalue weighted by molar-refractivity contribution is -0.255. The molecule has 0 unspecified atom stereocenters. The number of carboxylic acids is 1. The maximum absolute atomic E-state index is 11.9. The number of carbonyl (C=O) groups is 2. The highest BCUT2D eigenvalue weighted by atomic mass is 16.4. The van der Waals surface area contributed by atoms with E-state index in [1.807, 2.05) is 13.8 Å². The molecule has 4 heteroatoms. The van der Waals surface area contributed by atoms with Gasteiger partial charge in [0.2, 0.25) is 0 Å². The molecule has 1 N–H and O–H groups in total. The Hall–Kier alpha value is -1.58. The van der Waals surface area contributed by atoms with Gasteiger partial charge in [0.05, 0.1) is 11.7 Å². The molecule has 0 aliphatic heterocycles. The summed E-state index contributed by atoms with van der Waals surface area (Å²) in [7, 11) is 0. The number of ketones is 1. The van der Waals surface area contributed by atoms with E-state index in [-0.39, 0.29) is 16.9 Å². The topological polar surface area (TPSA) is 73.0 Å². The van der Waals surface area contributed by atoms with Gasteiger partial charge in [-0.2, -0.15) is 0 Å². The maximum Gasteiger partial charge on any atom is 0.165 e. The Morgan fingerprint density at radius 2 is 2.00 bits per heavy atom. The quantitative estimate of drug-likeness (QED) is 0.762. The largest absolute Gasteiger partial charge is 0.543 e. The van der Waals surface area contributed by atoms with Crippen LogP contribution >= 0.6 is 0 Å². The van der Waals surface area contributed by atoms with Crippen LogP contribution in [0.5, 0.6) is 0 Å². The molecular formula is C12H14NO3-. The van der Waals surface area contributed by atoms with Crippen molar-refractivity contribution < 1.29 is 14.7 Å². The van der Waals surface area contributed by atoms with E-state index in [1.54, 1.807) is 6.92 Å². The molecule has 1 aliphatic rings. The van der Waals surface area contributed by atoms with Gasteiger partial charge < -0.3 is 14.9 Å². The van der Waals surface area contributed by atoms with Crippen molar-refractivity contribution in [3.05, 3.63) is 22.5 Å². The van der Waals surface area contributed by atoms with Gasteiger partial charge >= 0.3 is 0 Å². The Kier molecular flexibility index (Phi) is 2.19. The summed E-state index contributed by atoms with van der Waals surface area (Å²) in [5, 5.41) is 10.9. The van der Waals surface area contributed by atoms with Crippen molar-refractivity contribution >= 4 is 11.8 Å². The second kappa shape index (κ2) is 3.20. The van der Waals surface area contributed by atoms with E-state index >= 15 is 0 Å². The van der Waals surface area contributed by atoms with Crippen LogP contribution in [0.25, 0.3) is 0 Å². The van der Waals surface area contributed by atoms with Crippen molar-refractivity contribution in [3.8, 4) is 0 Å². The van der Waals surface area contributed by atoms with Gasteiger partial charge in [0, 0.05) is 17.7 Å². The number of hydrogen-bond acceptors (Lipinski definition) is 3. The molecule has 0 bridgehead atoms. The summed E-state index contributed by atoms with van der Waals surface area (Å²) in [4.78, 5) is 25.6. The van der Waals surface area contributed by atoms with E-state index in [2.05, 4.69) is 4.98 Å². The molecule has 0 spiro atoms. The zero-order chi connectivity index (χ0) is 12.1. The highest BCUT2D eigenvalue weighted by molar-refractivity contribution is 6.03. The number of carboxylic acid groups (broad SMARTS) is 1. The minimum absolute atomic E-state index is 0.0208. The fourth-order valence-electron chi connectivity index (χ4n) is 2.44. The Morgan fingerprint density at radius 1 is 1.38 bits per heavy atom. The average Bonchev–Trinajstić information content (AvgIpc) is 2.40. The highest BCUT2D eigenvalue weighted by Crippen LogP contribution is 2.36. The first-order valence-corrected chi connectivity index (χ1v) is 5.28. The number of Topliss-reactive ketones (excluding diaryl/α,β-unsaturated/α-hetero) is 1. The van der Waals surface area contributed by atoms with Gasteiger partial charge in [-0.15, -0.1) is 0 Å². The Morgan fingerprint density at radius 3 is 2.56 bits per heavy atom. The smallest absolute Gasteiger partial charge is 0.165 e. The van der Waals surface area contributed by atoms with Crippen molar-refractivity contribution in [1.29, 1.82) is 0 Å². The molecule has 0 amide bonds. The van der Waals surface area contributed by atoms with Gasteiger partial charge in [-0.1, -0.05) is 13.8 Å². The third-order valence-corrected chi connectivity index (χ3v) is 3.11. The minimum atomic E-state index is -1.25. The third-order valence-electron chi connectivity index (χ3n) is 3.11. The van der Waals surface area contributed by atoms with E-state index in [0.29, 0.717) is 24.0 Å². The first-order valence-electron chi connectivity index (χ1n) is 5.28. The lowest BCUT2D eigenvalue weighted by Crippen LogP contribution is -2.26. The van der Waals surface area contributed by atoms with Crippen LogP contribution in [0.1, 0.15) is 52.4 Å². The van der Waals surface area contributed by atoms with Crippen molar-refractivity contribution in [2.24, 2.45) is 5.41 Å². The third kappa shape index (κ3) is 1.54. The molecule has 0 atom stereocenters. The predicted octanol–water partition coefficient (Wildman–Crippen LogP) is 0.842. The number of hydrogen-bond donors (Lipinski definition) is 1. The minimum Gasteiger partial charge on any atom is -0.543 e.